The molecule has 1 aromatic rings. The fraction of sp³-hybridized carbons (Fsp3) is 0.583. The zero-order valence-corrected chi connectivity index (χ0v) is 9.32. The summed E-state index contributed by atoms with van der Waals surface area (Å²) in [6, 6.07) is 4.18. The van der Waals surface area contributed by atoms with Crippen molar-refractivity contribution in [3.8, 4) is 0 Å². The molecule has 0 aromatic carbocycles. The molecule has 1 saturated heterocycles. The van der Waals surface area contributed by atoms with E-state index in [0.717, 1.165) is 19.6 Å². The van der Waals surface area contributed by atoms with Crippen LogP contribution < -0.4 is 5.32 Å². The lowest BCUT2D eigenvalue weighted by Gasteiger charge is -2.29. The summed E-state index contributed by atoms with van der Waals surface area (Å²) in [5.41, 5.74) is 1.34. The van der Waals surface area contributed by atoms with Crippen LogP contribution in [0.15, 0.2) is 24.5 Å². The Hall–Kier alpha value is -0.930. The number of aromatic nitrogens is 1. The molecule has 0 bridgehead atoms. The highest BCUT2D eigenvalue weighted by Crippen LogP contribution is 2.15. The highest BCUT2D eigenvalue weighted by atomic mass is 15.2. The van der Waals surface area contributed by atoms with E-state index < -0.39 is 0 Å². The first-order chi connectivity index (χ1) is 7.36. The molecule has 0 spiro atoms. The van der Waals surface area contributed by atoms with Gasteiger partial charge in [-0.15, -0.1) is 0 Å². The Balaban J connectivity index is 1.88. The van der Waals surface area contributed by atoms with Crippen molar-refractivity contribution in [1.29, 1.82) is 0 Å². The summed E-state index contributed by atoms with van der Waals surface area (Å²) in [5.74, 6) is 0.580. The van der Waals surface area contributed by atoms with Gasteiger partial charge in [-0.1, -0.05) is 13.0 Å². The number of pyridine rings is 1. The molecule has 2 rings (SSSR count). The van der Waals surface area contributed by atoms with Crippen molar-refractivity contribution in [2.75, 3.05) is 32.7 Å². The predicted molar refractivity (Wildman–Crippen MR) is 62.0 cm³/mol. The van der Waals surface area contributed by atoms with Crippen LogP contribution in [0.2, 0.25) is 0 Å². The quantitative estimate of drug-likeness (QED) is 0.800. The van der Waals surface area contributed by atoms with Crippen LogP contribution in [-0.2, 0) is 0 Å². The van der Waals surface area contributed by atoms with Crippen LogP contribution in [0.4, 0.5) is 0 Å². The van der Waals surface area contributed by atoms with Gasteiger partial charge < -0.3 is 10.2 Å². The topological polar surface area (TPSA) is 28.2 Å². The third-order valence-electron chi connectivity index (χ3n) is 3.00. The van der Waals surface area contributed by atoms with Crippen molar-refractivity contribution < 1.29 is 0 Å². The molecule has 0 radical (unpaired) electrons. The van der Waals surface area contributed by atoms with Gasteiger partial charge in [0.1, 0.15) is 0 Å². The SMILES string of the molecule is C[C@@H](CN1CCNCC1)c1cccnc1. The fourth-order valence-electron chi connectivity index (χ4n) is 2.05. The number of piperazine rings is 1. The molecule has 1 N–H and O–H groups in total. The molecule has 15 heavy (non-hydrogen) atoms. The first-order valence-corrected chi connectivity index (χ1v) is 5.69. The lowest BCUT2D eigenvalue weighted by atomic mass is 10.0. The van der Waals surface area contributed by atoms with Crippen molar-refractivity contribution in [3.63, 3.8) is 0 Å². The minimum Gasteiger partial charge on any atom is -0.314 e. The predicted octanol–water partition coefficient (Wildman–Crippen LogP) is 1.09. The molecule has 0 amide bonds. The summed E-state index contributed by atoms with van der Waals surface area (Å²) < 4.78 is 0. The number of hydrogen-bond acceptors (Lipinski definition) is 3. The Morgan fingerprint density at radius 3 is 2.93 bits per heavy atom. The maximum atomic E-state index is 4.17. The van der Waals surface area contributed by atoms with Crippen LogP contribution in [0.5, 0.6) is 0 Å². The van der Waals surface area contributed by atoms with E-state index in [-0.39, 0.29) is 0 Å². The molecule has 1 aliphatic rings. The van der Waals surface area contributed by atoms with Gasteiger partial charge in [0, 0.05) is 45.1 Å². The third-order valence-corrected chi connectivity index (χ3v) is 3.00. The fourth-order valence-corrected chi connectivity index (χ4v) is 2.05. The number of nitrogens with zero attached hydrogens (tertiary/aromatic N) is 2. The first-order valence-electron chi connectivity index (χ1n) is 5.69. The average Bonchev–Trinajstić information content (AvgIpc) is 2.31. The zero-order valence-electron chi connectivity index (χ0n) is 9.32. The van der Waals surface area contributed by atoms with Crippen LogP contribution in [0.3, 0.4) is 0 Å². The maximum Gasteiger partial charge on any atom is 0.0303 e. The monoisotopic (exact) mass is 205 g/mol. The Kier molecular flexibility index (Phi) is 3.69. The van der Waals surface area contributed by atoms with Crippen LogP contribution in [0.25, 0.3) is 0 Å². The standard InChI is InChI=1S/C12H19N3/c1-11(12-3-2-4-14-9-12)10-15-7-5-13-6-8-15/h2-4,9,11,13H,5-8,10H2,1H3/t11-/m0/s1. The van der Waals surface area contributed by atoms with Gasteiger partial charge in [0.25, 0.3) is 0 Å². The summed E-state index contributed by atoms with van der Waals surface area (Å²) in [6.45, 7) is 8.02. The molecule has 0 saturated carbocycles. The molecule has 1 atom stereocenters. The van der Waals surface area contributed by atoms with Crippen molar-refractivity contribution in [1.82, 2.24) is 15.2 Å². The lowest BCUT2D eigenvalue weighted by molar-refractivity contribution is 0.230. The largest absolute Gasteiger partial charge is 0.314 e. The molecule has 2 heterocycles. The summed E-state index contributed by atoms with van der Waals surface area (Å²) in [7, 11) is 0. The number of nitrogens with one attached hydrogen (secondary N) is 1. The van der Waals surface area contributed by atoms with Gasteiger partial charge in [-0.3, -0.25) is 4.98 Å². The second-order valence-corrected chi connectivity index (χ2v) is 4.24. The van der Waals surface area contributed by atoms with Gasteiger partial charge in [0.05, 0.1) is 0 Å². The van der Waals surface area contributed by atoms with Gasteiger partial charge in [-0.2, -0.15) is 0 Å². The molecule has 1 fully saturated rings. The summed E-state index contributed by atoms with van der Waals surface area (Å²) >= 11 is 0. The Labute approximate surface area is 91.5 Å². The van der Waals surface area contributed by atoms with E-state index in [9.17, 15) is 0 Å². The molecule has 0 aliphatic carbocycles. The Morgan fingerprint density at radius 2 is 2.27 bits per heavy atom. The van der Waals surface area contributed by atoms with E-state index in [1.54, 1.807) is 0 Å². The second-order valence-electron chi connectivity index (χ2n) is 4.24. The van der Waals surface area contributed by atoms with Crippen LogP contribution in [0, 0.1) is 0 Å². The minimum absolute atomic E-state index is 0.580. The van der Waals surface area contributed by atoms with Crippen LogP contribution in [0.1, 0.15) is 18.4 Å². The van der Waals surface area contributed by atoms with Gasteiger partial charge in [-0.25, -0.2) is 0 Å². The second kappa shape index (κ2) is 5.24. The highest BCUT2D eigenvalue weighted by molar-refractivity contribution is 5.14. The van der Waals surface area contributed by atoms with E-state index in [1.807, 2.05) is 18.5 Å². The molecule has 1 aliphatic heterocycles. The molecule has 3 nitrogen and oxygen atoms in total. The molecule has 0 unspecified atom stereocenters. The van der Waals surface area contributed by atoms with E-state index >= 15 is 0 Å². The molecule has 3 heteroatoms. The van der Waals surface area contributed by atoms with Crippen LogP contribution in [-0.4, -0.2) is 42.6 Å². The van der Waals surface area contributed by atoms with E-state index in [2.05, 4.69) is 28.2 Å². The smallest absolute Gasteiger partial charge is 0.0303 e. The average molecular weight is 205 g/mol. The molecule has 1 aromatic heterocycles. The van der Waals surface area contributed by atoms with E-state index in [1.165, 1.54) is 18.7 Å². The zero-order chi connectivity index (χ0) is 10.5. The van der Waals surface area contributed by atoms with Gasteiger partial charge in [0.2, 0.25) is 0 Å². The highest BCUT2D eigenvalue weighted by Gasteiger charge is 2.13. The van der Waals surface area contributed by atoms with Gasteiger partial charge >= 0.3 is 0 Å². The summed E-state index contributed by atoms with van der Waals surface area (Å²) in [4.78, 5) is 6.69. The molecular weight excluding hydrogens is 186 g/mol. The maximum absolute atomic E-state index is 4.17. The summed E-state index contributed by atoms with van der Waals surface area (Å²) in [5, 5.41) is 3.37. The number of rotatable bonds is 3. The Morgan fingerprint density at radius 1 is 1.47 bits per heavy atom. The van der Waals surface area contributed by atoms with Crippen LogP contribution >= 0.6 is 0 Å². The normalized spacial score (nSPS) is 20.1. The van der Waals surface area contributed by atoms with E-state index in [4.69, 9.17) is 0 Å². The Bertz CT molecular complexity index is 280. The first kappa shape index (κ1) is 10.6. The lowest BCUT2D eigenvalue weighted by Crippen LogP contribution is -2.44. The van der Waals surface area contributed by atoms with Crippen molar-refractivity contribution in [2.24, 2.45) is 0 Å². The molecule has 82 valence electrons. The summed E-state index contributed by atoms with van der Waals surface area (Å²) in [6.07, 6.45) is 3.81. The van der Waals surface area contributed by atoms with Crippen molar-refractivity contribution in [3.05, 3.63) is 30.1 Å². The number of hydrogen-bond donors (Lipinski definition) is 1. The third kappa shape index (κ3) is 3.01. The van der Waals surface area contributed by atoms with Crippen molar-refractivity contribution >= 4 is 0 Å². The van der Waals surface area contributed by atoms with Gasteiger partial charge in [-0.05, 0) is 17.5 Å². The van der Waals surface area contributed by atoms with Gasteiger partial charge in [0.15, 0.2) is 0 Å². The molecular formula is C12H19N3. The van der Waals surface area contributed by atoms with E-state index in [0.29, 0.717) is 5.92 Å². The van der Waals surface area contributed by atoms with Crippen molar-refractivity contribution in [2.45, 2.75) is 12.8 Å². The minimum atomic E-state index is 0.580.